The Morgan fingerprint density at radius 3 is 0.826 bits per heavy atom. The second-order valence-corrected chi connectivity index (χ2v) is 6.47. The smallest absolute Gasteiger partial charge is 0.0662 e. The van der Waals surface area contributed by atoms with Gasteiger partial charge in [-0.25, -0.2) is 0 Å². The van der Waals surface area contributed by atoms with Crippen LogP contribution < -0.4 is 0 Å². The first-order valence-corrected chi connectivity index (χ1v) is 10.2. The average Bonchev–Trinajstić information content (AvgIpc) is 2.58. The molecule has 0 aromatic heterocycles. The van der Waals surface area contributed by atoms with Crippen molar-refractivity contribution in [1.29, 1.82) is 0 Å². The Hall–Kier alpha value is -0.120. The predicted octanol–water partition coefficient (Wildman–Crippen LogP) is 5.21. The third kappa shape index (κ3) is 30.3. The molecule has 0 unspecified atom stereocenters. The van der Waals surface area contributed by atoms with Gasteiger partial charge in [0.15, 0.2) is 0 Å². The van der Waals surface area contributed by atoms with Gasteiger partial charge in [-0.2, -0.15) is 0 Å². The zero-order valence-corrected chi connectivity index (χ0v) is 15.8. The first-order chi connectivity index (χ1) is 11.3. The highest BCUT2D eigenvalue weighted by Gasteiger charge is 1.94. The SMILES string of the molecule is CCCCCCCCCCCCCCCCCCO.OCCO. The number of aliphatic hydroxyl groups excluding tert-OH is 3. The Labute approximate surface area is 145 Å². The lowest BCUT2D eigenvalue weighted by molar-refractivity contribution is 0.186. The lowest BCUT2D eigenvalue weighted by atomic mass is 10.0. The fourth-order valence-corrected chi connectivity index (χ4v) is 2.66. The van der Waals surface area contributed by atoms with Gasteiger partial charge in [0.25, 0.3) is 0 Å². The number of rotatable bonds is 17. The maximum atomic E-state index is 8.67. The van der Waals surface area contributed by atoms with Gasteiger partial charge < -0.3 is 15.3 Å². The molecule has 0 bridgehead atoms. The minimum atomic E-state index is -0.125. The molecule has 3 heteroatoms. The molecule has 3 nitrogen and oxygen atoms in total. The highest BCUT2D eigenvalue weighted by molar-refractivity contribution is 4.49. The molecule has 0 aliphatic rings. The highest BCUT2D eigenvalue weighted by atomic mass is 16.3. The van der Waals surface area contributed by atoms with E-state index in [1.165, 1.54) is 96.3 Å². The van der Waals surface area contributed by atoms with Crippen LogP contribution in [0.1, 0.15) is 110 Å². The van der Waals surface area contributed by atoms with Gasteiger partial charge in [0.1, 0.15) is 0 Å². The van der Waals surface area contributed by atoms with Crippen LogP contribution in [-0.4, -0.2) is 35.1 Å². The summed E-state index contributed by atoms with van der Waals surface area (Å²) in [6, 6.07) is 0. The van der Waals surface area contributed by atoms with E-state index in [1.54, 1.807) is 0 Å². The summed E-state index contributed by atoms with van der Waals surface area (Å²) >= 11 is 0. The van der Waals surface area contributed by atoms with E-state index < -0.39 is 0 Å². The van der Waals surface area contributed by atoms with Gasteiger partial charge >= 0.3 is 0 Å². The summed E-state index contributed by atoms with van der Waals surface area (Å²) in [5.41, 5.74) is 0. The van der Waals surface area contributed by atoms with Gasteiger partial charge in [-0.1, -0.05) is 103 Å². The molecule has 0 amide bonds. The van der Waals surface area contributed by atoms with Crippen molar-refractivity contribution in [3.63, 3.8) is 0 Å². The van der Waals surface area contributed by atoms with E-state index in [4.69, 9.17) is 15.3 Å². The molecule has 0 heterocycles. The monoisotopic (exact) mass is 332 g/mol. The second kappa shape index (κ2) is 26.8. The molecule has 0 rings (SSSR count). The van der Waals surface area contributed by atoms with Crippen LogP contribution in [0.4, 0.5) is 0 Å². The Kier molecular flexibility index (Phi) is 29.2. The van der Waals surface area contributed by atoms with Crippen molar-refractivity contribution in [2.75, 3.05) is 19.8 Å². The van der Waals surface area contributed by atoms with E-state index in [0.717, 1.165) is 6.42 Å². The van der Waals surface area contributed by atoms with Crippen molar-refractivity contribution in [2.45, 2.75) is 110 Å². The second-order valence-electron chi connectivity index (χ2n) is 6.47. The average molecular weight is 333 g/mol. The quantitative estimate of drug-likeness (QED) is 0.320. The summed E-state index contributed by atoms with van der Waals surface area (Å²) in [6.45, 7) is 2.41. The van der Waals surface area contributed by atoms with Crippen molar-refractivity contribution in [1.82, 2.24) is 0 Å². The molecule has 142 valence electrons. The third-order valence-corrected chi connectivity index (χ3v) is 4.11. The summed E-state index contributed by atoms with van der Waals surface area (Å²) in [5, 5.41) is 23.9. The van der Waals surface area contributed by atoms with E-state index in [1.807, 2.05) is 0 Å². The molecule has 0 aromatic rings. The lowest BCUT2D eigenvalue weighted by Gasteiger charge is -2.03. The summed E-state index contributed by atoms with van der Waals surface area (Å²) in [7, 11) is 0. The van der Waals surface area contributed by atoms with Crippen molar-refractivity contribution in [2.24, 2.45) is 0 Å². The topological polar surface area (TPSA) is 60.7 Å². The van der Waals surface area contributed by atoms with Gasteiger partial charge in [-0.05, 0) is 6.42 Å². The number of hydrogen-bond acceptors (Lipinski definition) is 3. The minimum absolute atomic E-state index is 0.125. The summed E-state index contributed by atoms with van der Waals surface area (Å²) in [6.07, 6.45) is 22.2. The Balaban J connectivity index is 0. The van der Waals surface area contributed by atoms with Crippen molar-refractivity contribution < 1.29 is 15.3 Å². The fourth-order valence-electron chi connectivity index (χ4n) is 2.66. The number of aliphatic hydroxyl groups is 3. The molecular formula is C20H44O3. The Bertz CT molecular complexity index is 156. The molecule has 0 aliphatic carbocycles. The molecule has 23 heavy (non-hydrogen) atoms. The zero-order valence-electron chi connectivity index (χ0n) is 15.8. The standard InChI is InChI=1S/C18H38O.C2H6O2/c1-2-3-4-5-6-7-8-9-10-11-12-13-14-15-16-17-18-19;3-1-2-4/h19H,2-18H2,1H3;3-4H,1-2H2. The van der Waals surface area contributed by atoms with Crippen LogP contribution in [0.3, 0.4) is 0 Å². The summed E-state index contributed by atoms with van der Waals surface area (Å²) < 4.78 is 0. The van der Waals surface area contributed by atoms with Crippen LogP contribution in [0.15, 0.2) is 0 Å². The molecule has 0 fully saturated rings. The van der Waals surface area contributed by atoms with Crippen LogP contribution in [0.2, 0.25) is 0 Å². The van der Waals surface area contributed by atoms with E-state index in [-0.39, 0.29) is 13.2 Å². The normalized spacial score (nSPS) is 10.4. The molecule has 0 saturated heterocycles. The van der Waals surface area contributed by atoms with Crippen molar-refractivity contribution in [3.8, 4) is 0 Å². The molecule has 0 spiro atoms. The maximum absolute atomic E-state index is 8.67. The van der Waals surface area contributed by atoms with Crippen LogP contribution >= 0.6 is 0 Å². The first kappa shape index (κ1) is 25.1. The lowest BCUT2D eigenvalue weighted by Crippen LogP contribution is -1.85. The Morgan fingerprint density at radius 2 is 0.609 bits per heavy atom. The molecular weight excluding hydrogens is 288 g/mol. The Morgan fingerprint density at radius 1 is 0.348 bits per heavy atom. The summed E-state index contributed by atoms with van der Waals surface area (Å²) in [5.74, 6) is 0. The van der Waals surface area contributed by atoms with E-state index in [2.05, 4.69) is 6.92 Å². The molecule has 0 radical (unpaired) electrons. The van der Waals surface area contributed by atoms with Gasteiger partial charge in [-0.3, -0.25) is 0 Å². The molecule has 0 aliphatic heterocycles. The van der Waals surface area contributed by atoms with Crippen molar-refractivity contribution in [3.05, 3.63) is 0 Å². The van der Waals surface area contributed by atoms with Crippen LogP contribution in [0.5, 0.6) is 0 Å². The van der Waals surface area contributed by atoms with Crippen LogP contribution in [0, 0.1) is 0 Å². The predicted molar refractivity (Wildman–Crippen MR) is 101 cm³/mol. The third-order valence-electron chi connectivity index (χ3n) is 4.11. The zero-order chi connectivity index (χ0) is 17.4. The molecule has 3 N–H and O–H groups in total. The van der Waals surface area contributed by atoms with E-state index in [9.17, 15) is 0 Å². The fraction of sp³-hybridized carbons (Fsp3) is 1.00. The molecule has 0 saturated carbocycles. The van der Waals surface area contributed by atoms with Gasteiger partial charge in [0, 0.05) is 6.61 Å². The number of unbranched alkanes of at least 4 members (excludes halogenated alkanes) is 15. The minimum Gasteiger partial charge on any atom is -0.396 e. The van der Waals surface area contributed by atoms with Crippen LogP contribution in [0.25, 0.3) is 0 Å². The maximum Gasteiger partial charge on any atom is 0.0662 e. The van der Waals surface area contributed by atoms with Gasteiger partial charge in [-0.15, -0.1) is 0 Å². The highest BCUT2D eigenvalue weighted by Crippen LogP contribution is 2.13. The van der Waals surface area contributed by atoms with Crippen LogP contribution in [-0.2, 0) is 0 Å². The van der Waals surface area contributed by atoms with Gasteiger partial charge in [0.05, 0.1) is 13.2 Å². The van der Waals surface area contributed by atoms with Crippen molar-refractivity contribution >= 4 is 0 Å². The summed E-state index contributed by atoms with van der Waals surface area (Å²) in [4.78, 5) is 0. The van der Waals surface area contributed by atoms with E-state index >= 15 is 0 Å². The number of hydrogen-bond donors (Lipinski definition) is 3. The largest absolute Gasteiger partial charge is 0.396 e. The van der Waals surface area contributed by atoms with Gasteiger partial charge in [0.2, 0.25) is 0 Å². The van der Waals surface area contributed by atoms with E-state index in [0.29, 0.717) is 6.61 Å². The molecule has 0 aromatic carbocycles. The molecule has 0 atom stereocenters. The first-order valence-electron chi connectivity index (χ1n) is 10.2.